The Morgan fingerprint density at radius 1 is 0.929 bits per heavy atom. The lowest BCUT2D eigenvalue weighted by atomic mass is 10.3. The maximum atomic E-state index is 9.64. The Labute approximate surface area is 80.5 Å². The summed E-state index contributed by atoms with van der Waals surface area (Å²) in [5, 5.41) is 23.6. The van der Waals surface area contributed by atoms with E-state index in [1.165, 1.54) is 6.08 Å². The Morgan fingerprint density at radius 2 is 1.29 bits per heavy atom. The predicted octanol–water partition coefficient (Wildman–Crippen LogP) is 0.583. The molecule has 0 spiro atoms. The van der Waals surface area contributed by atoms with Crippen LogP contribution in [0.15, 0.2) is 12.7 Å². The number of hydrogen-bond acceptors (Lipinski definition) is 3. The van der Waals surface area contributed by atoms with Crippen LogP contribution in [-0.4, -0.2) is 33.2 Å². The second-order valence-corrected chi connectivity index (χ2v) is 2.17. The van der Waals surface area contributed by atoms with E-state index in [0.29, 0.717) is 0 Å². The third-order valence-corrected chi connectivity index (χ3v) is 0.872. The van der Waals surface area contributed by atoms with Crippen LogP contribution in [0.4, 0.5) is 0 Å². The van der Waals surface area contributed by atoms with Gasteiger partial charge in [0.05, 0.1) is 19.3 Å². The zero-order valence-corrected chi connectivity index (χ0v) is 7.47. The van der Waals surface area contributed by atoms with Crippen LogP contribution in [0.25, 0.3) is 0 Å². The van der Waals surface area contributed by atoms with Crippen molar-refractivity contribution in [3.05, 3.63) is 12.7 Å². The molecule has 0 aromatic carbocycles. The lowest BCUT2D eigenvalue weighted by Gasteiger charge is -1.85. The van der Waals surface area contributed by atoms with Gasteiger partial charge in [0.2, 0.25) is 0 Å². The van der Waals surface area contributed by atoms with Gasteiger partial charge >= 0.3 is 17.9 Å². The summed E-state index contributed by atoms with van der Waals surface area (Å²) in [6.07, 6.45) is 0.812. The van der Waals surface area contributed by atoms with Crippen molar-refractivity contribution in [2.75, 3.05) is 0 Å². The summed E-state index contributed by atoms with van der Waals surface area (Å²) in [4.78, 5) is 28.8. The molecular formula is C8H12O6. The van der Waals surface area contributed by atoms with Crippen LogP contribution in [0.3, 0.4) is 0 Å². The summed E-state index contributed by atoms with van der Waals surface area (Å²) < 4.78 is 0. The van der Waals surface area contributed by atoms with Gasteiger partial charge in [-0.05, 0) is 0 Å². The van der Waals surface area contributed by atoms with Crippen molar-refractivity contribution in [2.24, 2.45) is 0 Å². The van der Waals surface area contributed by atoms with Gasteiger partial charge < -0.3 is 15.3 Å². The van der Waals surface area contributed by atoms with Crippen LogP contribution in [0.2, 0.25) is 0 Å². The molecular weight excluding hydrogens is 192 g/mol. The Bertz CT molecular complexity index is 206. The highest BCUT2D eigenvalue weighted by atomic mass is 16.4. The fourth-order valence-corrected chi connectivity index (χ4v) is 0.337. The van der Waals surface area contributed by atoms with Gasteiger partial charge in [-0.3, -0.25) is 14.4 Å². The molecule has 0 fully saturated rings. The number of carboxylic acid groups (broad SMARTS) is 3. The molecule has 0 atom stereocenters. The van der Waals surface area contributed by atoms with Crippen LogP contribution in [-0.2, 0) is 14.4 Å². The van der Waals surface area contributed by atoms with E-state index in [9.17, 15) is 14.4 Å². The molecule has 0 aromatic rings. The van der Waals surface area contributed by atoms with Crippen molar-refractivity contribution in [1.82, 2.24) is 0 Å². The van der Waals surface area contributed by atoms with Crippen molar-refractivity contribution in [3.8, 4) is 0 Å². The van der Waals surface area contributed by atoms with Gasteiger partial charge in [0.15, 0.2) is 0 Å². The third kappa shape index (κ3) is 22.5. The predicted molar refractivity (Wildman–Crippen MR) is 47.0 cm³/mol. The highest BCUT2D eigenvalue weighted by Gasteiger charge is 2.00. The molecule has 6 nitrogen and oxygen atoms in total. The molecule has 0 aliphatic carbocycles. The van der Waals surface area contributed by atoms with Crippen LogP contribution in [0.1, 0.15) is 19.3 Å². The van der Waals surface area contributed by atoms with Gasteiger partial charge in [-0.2, -0.15) is 0 Å². The Kier molecular flexibility index (Phi) is 9.68. The summed E-state index contributed by atoms with van der Waals surface area (Å²) in [7, 11) is 0. The summed E-state index contributed by atoms with van der Waals surface area (Å²) >= 11 is 0. The number of carboxylic acids is 3. The lowest BCUT2D eigenvalue weighted by Crippen LogP contribution is -2.00. The molecule has 14 heavy (non-hydrogen) atoms. The number of rotatable bonds is 5. The van der Waals surface area contributed by atoms with Crippen LogP contribution >= 0.6 is 0 Å². The summed E-state index contributed by atoms with van der Waals surface area (Å²) in [5.41, 5.74) is 0. The number of aliphatic carboxylic acids is 3. The minimum absolute atomic E-state index is 0.0556. The first-order valence-corrected chi connectivity index (χ1v) is 3.66. The van der Waals surface area contributed by atoms with E-state index in [2.05, 4.69) is 6.58 Å². The van der Waals surface area contributed by atoms with Gasteiger partial charge in [-0.1, -0.05) is 6.08 Å². The van der Waals surface area contributed by atoms with Crippen LogP contribution in [0.5, 0.6) is 0 Å². The van der Waals surface area contributed by atoms with Gasteiger partial charge in [-0.25, -0.2) is 0 Å². The molecule has 6 heteroatoms. The molecule has 0 saturated carbocycles. The summed E-state index contributed by atoms with van der Waals surface area (Å²) in [6, 6.07) is 0. The van der Waals surface area contributed by atoms with E-state index in [4.69, 9.17) is 15.3 Å². The average molecular weight is 204 g/mol. The van der Waals surface area contributed by atoms with Crippen LogP contribution < -0.4 is 0 Å². The molecule has 0 saturated heterocycles. The molecule has 0 amide bonds. The van der Waals surface area contributed by atoms with Gasteiger partial charge in [0.1, 0.15) is 0 Å². The van der Waals surface area contributed by atoms with Crippen molar-refractivity contribution in [3.63, 3.8) is 0 Å². The maximum Gasteiger partial charge on any atom is 0.307 e. The highest BCUT2D eigenvalue weighted by Crippen LogP contribution is 1.86. The zero-order chi connectivity index (χ0) is 11.6. The van der Waals surface area contributed by atoms with Crippen molar-refractivity contribution in [1.29, 1.82) is 0 Å². The van der Waals surface area contributed by atoms with E-state index in [1.807, 2.05) is 0 Å². The minimum atomic E-state index is -1.08. The first-order valence-electron chi connectivity index (χ1n) is 3.66. The third-order valence-electron chi connectivity index (χ3n) is 0.872. The topological polar surface area (TPSA) is 112 Å². The van der Waals surface area contributed by atoms with E-state index in [1.54, 1.807) is 0 Å². The molecule has 0 heterocycles. The molecule has 0 aliphatic rings. The van der Waals surface area contributed by atoms with Crippen molar-refractivity contribution in [2.45, 2.75) is 19.3 Å². The molecule has 0 aliphatic heterocycles. The Hall–Kier alpha value is -1.85. The SMILES string of the molecule is C=CCC(=O)O.O=C(O)CCC(=O)O. The first kappa shape index (κ1) is 14.7. The summed E-state index contributed by atoms with van der Waals surface area (Å²) in [5.74, 6) is -2.98. The van der Waals surface area contributed by atoms with Crippen LogP contribution in [0, 0.1) is 0 Å². The smallest absolute Gasteiger partial charge is 0.307 e. The second kappa shape index (κ2) is 9.24. The van der Waals surface area contributed by atoms with Gasteiger partial charge in [0.25, 0.3) is 0 Å². The molecule has 3 N–H and O–H groups in total. The van der Waals surface area contributed by atoms with Crippen molar-refractivity contribution < 1.29 is 29.7 Å². The van der Waals surface area contributed by atoms with E-state index in [0.717, 1.165) is 0 Å². The Balaban J connectivity index is 0. The molecule has 0 unspecified atom stereocenters. The summed E-state index contributed by atoms with van der Waals surface area (Å²) in [6.45, 7) is 3.22. The normalized spacial score (nSPS) is 8.00. The quantitative estimate of drug-likeness (QED) is 0.565. The maximum absolute atomic E-state index is 9.64. The standard InChI is InChI=1S/C4H6O4.C4H6O2/c5-3(6)1-2-4(7)8;1-2-3-4(5)6/h1-2H2,(H,5,6)(H,7,8);2H,1,3H2,(H,5,6). The molecule has 0 aromatic heterocycles. The van der Waals surface area contributed by atoms with E-state index >= 15 is 0 Å². The second-order valence-electron chi connectivity index (χ2n) is 2.17. The van der Waals surface area contributed by atoms with Crippen molar-refractivity contribution >= 4 is 17.9 Å². The van der Waals surface area contributed by atoms with Gasteiger partial charge in [-0.15, -0.1) is 6.58 Å². The molecule has 80 valence electrons. The van der Waals surface area contributed by atoms with Gasteiger partial charge in [0, 0.05) is 0 Å². The highest BCUT2D eigenvalue weighted by molar-refractivity contribution is 5.75. The first-order chi connectivity index (χ1) is 6.40. The minimum Gasteiger partial charge on any atom is -0.481 e. The largest absolute Gasteiger partial charge is 0.481 e. The monoisotopic (exact) mass is 204 g/mol. The van der Waals surface area contributed by atoms with E-state index < -0.39 is 17.9 Å². The average Bonchev–Trinajstić information content (AvgIpc) is 2.01. The fourth-order valence-electron chi connectivity index (χ4n) is 0.337. The molecule has 0 rings (SSSR count). The number of hydrogen-bond donors (Lipinski definition) is 3. The molecule has 0 bridgehead atoms. The number of carbonyl (C=O) groups is 3. The van der Waals surface area contributed by atoms with E-state index in [-0.39, 0.29) is 19.3 Å². The Morgan fingerprint density at radius 3 is 1.36 bits per heavy atom. The molecule has 0 radical (unpaired) electrons. The fraction of sp³-hybridized carbons (Fsp3) is 0.375. The zero-order valence-electron chi connectivity index (χ0n) is 7.47. The lowest BCUT2D eigenvalue weighted by molar-refractivity contribution is -0.143.